The molecule has 8 heteroatoms. The van der Waals surface area contributed by atoms with Crippen molar-refractivity contribution in [2.75, 3.05) is 0 Å². The highest BCUT2D eigenvalue weighted by Crippen LogP contribution is 2.42. The van der Waals surface area contributed by atoms with Crippen LogP contribution < -0.4 is 0 Å². The van der Waals surface area contributed by atoms with E-state index in [1.165, 1.54) is 0 Å². The summed E-state index contributed by atoms with van der Waals surface area (Å²) in [6, 6.07) is 79.2. The van der Waals surface area contributed by atoms with Gasteiger partial charge >= 0.3 is 0 Å². The van der Waals surface area contributed by atoms with Crippen LogP contribution in [0.2, 0.25) is 0 Å². The minimum atomic E-state index is 0.301. The quantitative estimate of drug-likeness (QED) is 0.156. The predicted octanol–water partition coefficient (Wildman–Crippen LogP) is 17.0. The zero-order valence-electron chi connectivity index (χ0n) is 39.4. The molecule has 15 rings (SSSR count). The second-order valence-corrected chi connectivity index (χ2v) is 18.7. The van der Waals surface area contributed by atoms with Crippen LogP contribution in [0.3, 0.4) is 0 Å². The Morgan fingerprint density at radius 3 is 0.959 bits per heavy atom. The first-order valence-electron chi connectivity index (χ1n) is 24.6. The van der Waals surface area contributed by atoms with Gasteiger partial charge in [0.05, 0.1) is 0 Å². The van der Waals surface area contributed by atoms with E-state index in [9.17, 15) is 0 Å². The Balaban J connectivity index is 0.994. The number of nitrogens with zero attached hydrogens (tertiary/aromatic N) is 6. The summed E-state index contributed by atoms with van der Waals surface area (Å²) in [5.74, 6) is 2.53. The van der Waals surface area contributed by atoms with Crippen molar-refractivity contribution >= 4 is 76.2 Å². The molecule has 0 aliphatic heterocycles. The molecule has 4 aromatic heterocycles. The molecule has 0 amide bonds. The van der Waals surface area contributed by atoms with Gasteiger partial charge in [-0.15, -0.1) is 0 Å². The van der Waals surface area contributed by atoms with Crippen LogP contribution in [0.5, 0.6) is 0 Å². The van der Waals surface area contributed by atoms with Crippen LogP contribution in [0, 0.1) is 0 Å². The average Bonchev–Trinajstić information content (AvgIpc) is 4.06. The molecule has 0 saturated carbocycles. The largest absolute Gasteiger partial charge is 0.455 e. The van der Waals surface area contributed by atoms with Crippen LogP contribution in [-0.4, -0.2) is 29.9 Å². The summed E-state index contributed by atoms with van der Waals surface area (Å²) in [5, 5.41) is 10.7. The fourth-order valence-corrected chi connectivity index (χ4v) is 10.5. The molecular weight excluding hydrogens is 909 g/mol. The topological polar surface area (TPSA) is 104 Å². The highest BCUT2D eigenvalue weighted by Gasteiger charge is 2.22. The van der Waals surface area contributed by atoms with Gasteiger partial charge in [-0.05, 0) is 92.0 Å². The lowest BCUT2D eigenvalue weighted by Crippen LogP contribution is -2.06. The van der Waals surface area contributed by atoms with Crippen molar-refractivity contribution in [1.29, 1.82) is 0 Å². The molecule has 0 radical (unpaired) electrons. The molecule has 0 bridgehead atoms. The van der Waals surface area contributed by atoms with Crippen LogP contribution in [0.15, 0.2) is 239 Å². The fourth-order valence-electron chi connectivity index (χ4n) is 10.5. The number of rotatable bonds is 7. The van der Waals surface area contributed by atoms with Crippen molar-refractivity contribution in [3.63, 3.8) is 0 Å². The Bertz CT molecular complexity index is 4540. The maximum Gasteiger partial charge on any atom is 0.202 e. The smallest absolute Gasteiger partial charge is 0.202 e. The van der Waals surface area contributed by atoms with Gasteiger partial charge in [-0.1, -0.05) is 182 Å². The molecule has 4 heterocycles. The Labute approximate surface area is 423 Å². The second-order valence-electron chi connectivity index (χ2n) is 18.7. The van der Waals surface area contributed by atoms with Crippen LogP contribution in [0.4, 0.5) is 0 Å². The summed E-state index contributed by atoms with van der Waals surface area (Å²) < 4.78 is 13.4. The number of aromatic nitrogens is 6. The molecule has 0 saturated heterocycles. The lowest BCUT2D eigenvalue weighted by atomic mass is 9.94. The molecule has 0 aliphatic carbocycles. The summed E-state index contributed by atoms with van der Waals surface area (Å²) in [6.07, 6.45) is 0. The molecule has 344 valence electrons. The van der Waals surface area contributed by atoms with E-state index in [1.807, 2.05) is 72.8 Å². The molecule has 0 aliphatic rings. The van der Waals surface area contributed by atoms with Crippen LogP contribution >= 0.6 is 0 Å². The van der Waals surface area contributed by atoms with E-state index in [0.717, 1.165) is 121 Å². The van der Waals surface area contributed by atoms with Crippen molar-refractivity contribution in [1.82, 2.24) is 29.9 Å². The van der Waals surface area contributed by atoms with Gasteiger partial charge in [-0.3, -0.25) is 0 Å². The molecule has 11 aromatic carbocycles. The van der Waals surface area contributed by atoms with Crippen LogP contribution in [-0.2, 0) is 0 Å². The van der Waals surface area contributed by atoms with E-state index in [4.69, 9.17) is 38.7 Å². The molecule has 74 heavy (non-hydrogen) atoms. The van der Waals surface area contributed by atoms with Gasteiger partial charge in [0, 0.05) is 54.9 Å². The van der Waals surface area contributed by atoms with E-state index >= 15 is 0 Å². The third-order valence-electron chi connectivity index (χ3n) is 14.1. The van der Waals surface area contributed by atoms with E-state index in [2.05, 4.69) is 158 Å². The molecule has 0 atom stereocenters. The third-order valence-corrected chi connectivity index (χ3v) is 14.1. The van der Waals surface area contributed by atoms with Gasteiger partial charge in [0.2, 0.25) is 11.6 Å². The third kappa shape index (κ3) is 7.07. The van der Waals surface area contributed by atoms with Crippen molar-refractivity contribution in [2.45, 2.75) is 0 Å². The van der Waals surface area contributed by atoms with E-state index < -0.39 is 0 Å². The van der Waals surface area contributed by atoms with Crippen molar-refractivity contribution < 1.29 is 8.83 Å². The minimum absolute atomic E-state index is 0.301. The van der Waals surface area contributed by atoms with Gasteiger partial charge in [0.15, 0.2) is 23.3 Å². The van der Waals surface area contributed by atoms with Gasteiger partial charge in [0.1, 0.15) is 22.3 Å². The summed E-state index contributed by atoms with van der Waals surface area (Å²) in [4.78, 5) is 31.6. The maximum atomic E-state index is 6.69. The Kier molecular flexibility index (Phi) is 9.40. The molecule has 8 nitrogen and oxygen atoms in total. The first-order chi connectivity index (χ1) is 36.6. The van der Waals surface area contributed by atoms with Gasteiger partial charge in [-0.2, -0.15) is 0 Å². The highest BCUT2D eigenvalue weighted by molar-refractivity contribution is 6.12. The Hall–Kier alpha value is -10.2. The van der Waals surface area contributed by atoms with Crippen LogP contribution in [0.1, 0.15) is 0 Å². The number of benzene rings is 11. The first-order valence-corrected chi connectivity index (χ1v) is 24.6. The predicted molar refractivity (Wildman–Crippen MR) is 298 cm³/mol. The lowest BCUT2D eigenvalue weighted by Gasteiger charge is -2.13. The Morgan fingerprint density at radius 2 is 0.541 bits per heavy atom. The number of hydrogen-bond donors (Lipinski definition) is 0. The van der Waals surface area contributed by atoms with Gasteiger partial charge in [0.25, 0.3) is 0 Å². The van der Waals surface area contributed by atoms with E-state index in [0.29, 0.717) is 34.9 Å². The fraction of sp³-hybridized carbons (Fsp3) is 0. The lowest BCUT2D eigenvalue weighted by molar-refractivity contribution is 0.670. The SMILES string of the molecule is c1ccc2cc(-c3nc(-c4cc(-c5cccc6c5oc5ccccc56)cc(-c5cccc6c5oc5ccccc56)c4)nc(-c4nc(-c5ccc6ccccc6c5)nc(-c5ccc6ccccc6c5)n4)n3)ccc2c1. The van der Waals surface area contributed by atoms with Crippen molar-refractivity contribution in [2.24, 2.45) is 0 Å². The molecule has 15 aromatic rings. The standard InChI is InChI=1S/C66H38N6O2/c1-4-16-42-33-45(30-27-39(42)13-1)61-67-62(46-31-28-40-14-2-5-17-43(40)34-46)70-65(69-61)66-71-63(47-32-29-41-15-3-6-18-44(41)35-47)68-64(72-66)50-37-48(51-21-11-23-55-53-19-7-9-25-57(53)73-59(51)55)36-49(38-50)52-22-12-24-56-54-20-8-10-26-58(54)74-60(52)56/h1-38H. The summed E-state index contributed by atoms with van der Waals surface area (Å²) >= 11 is 0. The zero-order chi connectivity index (χ0) is 48.7. The maximum absolute atomic E-state index is 6.69. The summed E-state index contributed by atoms with van der Waals surface area (Å²) in [7, 11) is 0. The second kappa shape index (κ2) is 16.7. The highest BCUT2D eigenvalue weighted by atomic mass is 16.3. The molecule has 0 spiro atoms. The molecular formula is C66H38N6O2. The first kappa shape index (κ1) is 41.6. The summed E-state index contributed by atoms with van der Waals surface area (Å²) in [5.41, 5.74) is 10.2. The van der Waals surface area contributed by atoms with Gasteiger partial charge in [-0.25, -0.2) is 29.9 Å². The van der Waals surface area contributed by atoms with E-state index in [-0.39, 0.29) is 0 Å². The average molecular weight is 947 g/mol. The monoisotopic (exact) mass is 946 g/mol. The van der Waals surface area contributed by atoms with Crippen molar-refractivity contribution in [3.05, 3.63) is 231 Å². The zero-order valence-corrected chi connectivity index (χ0v) is 39.4. The molecule has 0 N–H and O–H groups in total. The number of fused-ring (bicyclic) bond motifs is 9. The van der Waals surface area contributed by atoms with Crippen LogP contribution in [0.25, 0.3) is 156 Å². The van der Waals surface area contributed by atoms with Gasteiger partial charge < -0.3 is 8.83 Å². The van der Waals surface area contributed by atoms with E-state index in [1.54, 1.807) is 0 Å². The number of furan rings is 2. The number of para-hydroxylation sites is 4. The van der Waals surface area contributed by atoms with Crippen molar-refractivity contribution in [3.8, 4) is 79.5 Å². The Morgan fingerprint density at radius 1 is 0.216 bits per heavy atom. The summed E-state index contributed by atoms with van der Waals surface area (Å²) in [6.45, 7) is 0. The molecule has 0 unspecified atom stereocenters. The molecule has 0 fully saturated rings. The normalized spacial score (nSPS) is 11.8. The minimum Gasteiger partial charge on any atom is -0.455 e. The number of hydrogen-bond acceptors (Lipinski definition) is 8.